The van der Waals surface area contributed by atoms with E-state index in [1.807, 2.05) is 6.92 Å². The Morgan fingerprint density at radius 3 is 2.45 bits per heavy atom. The van der Waals surface area contributed by atoms with E-state index in [1.165, 1.54) is 0 Å². The van der Waals surface area contributed by atoms with Crippen LogP contribution in [0.15, 0.2) is 0 Å². The Balaban J connectivity index is 3.88. The van der Waals surface area contributed by atoms with Crippen LogP contribution in [0.25, 0.3) is 0 Å². The average molecular weight is 181 g/mol. The van der Waals surface area contributed by atoms with E-state index in [-0.39, 0.29) is 0 Å². The minimum Gasteiger partial charge on any atom is -0.381 e. The molecule has 0 saturated heterocycles. The van der Waals surface area contributed by atoms with Gasteiger partial charge in [-0.2, -0.15) is 0 Å². The second-order valence-corrected chi connectivity index (χ2v) is 3.04. The van der Waals surface area contributed by atoms with Crippen molar-refractivity contribution < 1.29 is 13.8 Å². The van der Waals surface area contributed by atoms with E-state index >= 15 is 0 Å². The number of ether oxygens (including phenoxy) is 1. The zero-order chi connectivity index (χ0) is 8.91. The van der Waals surface area contributed by atoms with Gasteiger partial charge in [0.05, 0.1) is 12.0 Å². The van der Waals surface area contributed by atoms with Crippen molar-refractivity contribution in [3.8, 4) is 0 Å². The Morgan fingerprint density at radius 1 is 1.55 bits per heavy atom. The van der Waals surface area contributed by atoms with Gasteiger partial charge in [-0.25, -0.2) is 4.79 Å². The molecule has 0 aromatic carbocycles. The lowest BCUT2D eigenvalue weighted by molar-refractivity contribution is -0.146. The van der Waals surface area contributed by atoms with Crippen molar-refractivity contribution >= 4 is 17.8 Å². The van der Waals surface area contributed by atoms with Crippen LogP contribution in [0.5, 0.6) is 0 Å². The van der Waals surface area contributed by atoms with Gasteiger partial charge in [0.1, 0.15) is 11.9 Å². The van der Waals surface area contributed by atoms with E-state index in [0.717, 1.165) is 0 Å². The van der Waals surface area contributed by atoms with E-state index in [2.05, 4.69) is 4.29 Å². The Morgan fingerprint density at radius 2 is 2.09 bits per heavy atom. The minimum atomic E-state index is -0.655. The quantitative estimate of drug-likeness (QED) is 0.661. The summed E-state index contributed by atoms with van der Waals surface area (Å²) in [7, 11) is 0. The van der Waals surface area contributed by atoms with Gasteiger partial charge in [-0.15, -0.1) is 0 Å². The molecule has 0 N–H and O–H groups in total. The lowest BCUT2D eigenvalue weighted by atomic mass is 9.95. The van der Waals surface area contributed by atoms with Crippen LogP contribution in [-0.4, -0.2) is 19.2 Å². The van der Waals surface area contributed by atoms with Crippen LogP contribution < -0.4 is 0 Å². The number of halogens is 1. The largest absolute Gasteiger partial charge is 0.381 e. The lowest BCUT2D eigenvalue weighted by Gasteiger charge is -2.19. The van der Waals surface area contributed by atoms with Crippen LogP contribution in [-0.2, 0) is 13.8 Å². The Kier molecular flexibility index (Phi) is 4.45. The molecule has 0 aliphatic rings. The molecule has 0 aromatic rings. The fraction of sp³-hybridized carbons (Fsp3) is 0.857. The van der Waals surface area contributed by atoms with Crippen LogP contribution in [0, 0.1) is 5.41 Å². The van der Waals surface area contributed by atoms with Gasteiger partial charge in [0.15, 0.2) is 0 Å². The molecule has 0 unspecified atom stereocenters. The van der Waals surface area contributed by atoms with E-state index < -0.39 is 11.4 Å². The third kappa shape index (κ3) is 3.58. The first kappa shape index (κ1) is 10.7. The normalized spacial score (nSPS) is 11.3. The summed E-state index contributed by atoms with van der Waals surface area (Å²) in [6.07, 6.45) is 0. The highest BCUT2D eigenvalue weighted by molar-refractivity contribution is 6.13. The van der Waals surface area contributed by atoms with Crippen molar-refractivity contribution in [2.24, 2.45) is 5.41 Å². The zero-order valence-corrected chi connectivity index (χ0v) is 7.77. The summed E-state index contributed by atoms with van der Waals surface area (Å²) in [6.45, 7) is 6.21. The van der Waals surface area contributed by atoms with Crippen LogP contribution in [0.4, 0.5) is 0 Å². The molecule has 0 aromatic heterocycles. The van der Waals surface area contributed by atoms with Crippen LogP contribution in [0.1, 0.15) is 20.8 Å². The van der Waals surface area contributed by atoms with Crippen molar-refractivity contribution in [2.75, 3.05) is 13.2 Å². The summed E-state index contributed by atoms with van der Waals surface area (Å²) >= 11 is 4.91. The van der Waals surface area contributed by atoms with Gasteiger partial charge < -0.3 is 9.03 Å². The van der Waals surface area contributed by atoms with Gasteiger partial charge in [-0.3, -0.25) is 0 Å². The predicted octanol–water partition coefficient (Wildman–Crippen LogP) is 1.75. The molecule has 3 nitrogen and oxygen atoms in total. The SMILES string of the molecule is CCOCC(C)(C)C(=O)OCl. The molecule has 0 heterocycles. The number of rotatable bonds is 4. The van der Waals surface area contributed by atoms with Gasteiger partial charge in [-0.05, 0) is 20.8 Å². The van der Waals surface area contributed by atoms with Crippen LogP contribution in [0.2, 0.25) is 0 Å². The first-order valence-corrected chi connectivity index (χ1v) is 3.76. The van der Waals surface area contributed by atoms with Gasteiger partial charge in [-0.1, -0.05) is 0 Å². The van der Waals surface area contributed by atoms with E-state index in [1.54, 1.807) is 13.8 Å². The van der Waals surface area contributed by atoms with Crippen molar-refractivity contribution in [1.82, 2.24) is 0 Å². The van der Waals surface area contributed by atoms with E-state index in [4.69, 9.17) is 16.6 Å². The second kappa shape index (κ2) is 4.57. The molecule has 0 aliphatic heterocycles. The first-order valence-electron chi connectivity index (χ1n) is 3.45. The predicted molar refractivity (Wildman–Crippen MR) is 42.2 cm³/mol. The molecule has 66 valence electrons. The molecular weight excluding hydrogens is 168 g/mol. The van der Waals surface area contributed by atoms with Crippen molar-refractivity contribution in [3.05, 3.63) is 0 Å². The summed E-state index contributed by atoms with van der Waals surface area (Å²) in [5.41, 5.74) is -0.655. The molecule has 0 bridgehead atoms. The van der Waals surface area contributed by atoms with E-state index in [9.17, 15) is 4.79 Å². The summed E-state index contributed by atoms with van der Waals surface area (Å²) in [5, 5.41) is 0. The molecule has 0 spiro atoms. The molecule has 0 atom stereocenters. The summed E-state index contributed by atoms with van der Waals surface area (Å²) in [6, 6.07) is 0. The molecule has 0 amide bonds. The summed E-state index contributed by atoms with van der Waals surface area (Å²) < 4.78 is 9.13. The molecule has 0 fully saturated rings. The fourth-order valence-electron chi connectivity index (χ4n) is 0.521. The highest BCUT2D eigenvalue weighted by atomic mass is 35.5. The zero-order valence-electron chi connectivity index (χ0n) is 7.02. The molecule has 0 radical (unpaired) electrons. The number of carbonyl (C=O) groups excluding carboxylic acids is 1. The molecular formula is C7H13ClO3. The Labute approximate surface area is 71.8 Å². The maximum Gasteiger partial charge on any atom is 0.332 e. The monoisotopic (exact) mass is 180 g/mol. The number of hydrogen-bond acceptors (Lipinski definition) is 3. The summed E-state index contributed by atoms with van der Waals surface area (Å²) in [5.74, 6) is -0.465. The van der Waals surface area contributed by atoms with Crippen molar-refractivity contribution in [2.45, 2.75) is 20.8 Å². The Bertz CT molecular complexity index is 134. The Hall–Kier alpha value is -0.280. The molecule has 0 aliphatic carbocycles. The van der Waals surface area contributed by atoms with Crippen LogP contribution in [0.3, 0.4) is 0 Å². The van der Waals surface area contributed by atoms with Gasteiger partial charge in [0.25, 0.3) is 0 Å². The highest BCUT2D eigenvalue weighted by Gasteiger charge is 2.29. The third-order valence-corrected chi connectivity index (χ3v) is 1.43. The first-order chi connectivity index (χ1) is 5.04. The molecule has 0 saturated carbocycles. The molecule has 11 heavy (non-hydrogen) atoms. The maximum absolute atomic E-state index is 10.9. The fourth-order valence-corrected chi connectivity index (χ4v) is 0.729. The van der Waals surface area contributed by atoms with Crippen molar-refractivity contribution in [3.63, 3.8) is 0 Å². The number of carbonyl (C=O) groups is 1. The van der Waals surface area contributed by atoms with Crippen LogP contribution >= 0.6 is 11.9 Å². The third-order valence-electron chi connectivity index (χ3n) is 1.29. The van der Waals surface area contributed by atoms with Gasteiger partial charge in [0, 0.05) is 6.61 Å². The average Bonchev–Trinajstić information content (AvgIpc) is 1.99. The van der Waals surface area contributed by atoms with Gasteiger partial charge in [0.2, 0.25) is 0 Å². The minimum absolute atomic E-state index is 0.328. The molecule has 0 rings (SSSR count). The molecule has 4 heteroatoms. The maximum atomic E-state index is 10.9. The highest BCUT2D eigenvalue weighted by Crippen LogP contribution is 2.18. The number of hydrogen-bond donors (Lipinski definition) is 0. The van der Waals surface area contributed by atoms with Gasteiger partial charge >= 0.3 is 5.97 Å². The second-order valence-electron chi connectivity index (χ2n) is 2.89. The summed E-state index contributed by atoms with van der Waals surface area (Å²) in [4.78, 5) is 10.9. The lowest BCUT2D eigenvalue weighted by Crippen LogP contribution is -2.29. The van der Waals surface area contributed by atoms with Crippen molar-refractivity contribution in [1.29, 1.82) is 0 Å². The topological polar surface area (TPSA) is 35.5 Å². The smallest absolute Gasteiger partial charge is 0.332 e. The standard InChI is InChI=1S/C7H13ClO3/c1-4-10-5-7(2,3)6(9)11-8/h4-5H2,1-3H3. The van der Waals surface area contributed by atoms with E-state index in [0.29, 0.717) is 13.2 Å².